The summed E-state index contributed by atoms with van der Waals surface area (Å²) in [6.45, 7) is 1.91. The van der Waals surface area contributed by atoms with E-state index in [0.717, 1.165) is 11.3 Å². The number of carbonyl (C=O) groups excluding carboxylic acids is 1. The molecule has 8 heteroatoms. The molecule has 0 saturated carbocycles. The van der Waals surface area contributed by atoms with Gasteiger partial charge in [-0.1, -0.05) is 0 Å². The fourth-order valence-electron chi connectivity index (χ4n) is 2.19. The average molecular weight is 310 g/mol. The van der Waals surface area contributed by atoms with E-state index in [2.05, 4.69) is 25.8 Å². The number of ether oxygens (including phenoxy) is 1. The number of carbonyl (C=O) groups is 1. The molecule has 0 bridgehead atoms. The van der Waals surface area contributed by atoms with Gasteiger partial charge in [0.15, 0.2) is 0 Å². The fraction of sp³-hybridized carbons (Fsp3) is 0.133. The zero-order chi connectivity index (χ0) is 16.2. The maximum Gasteiger partial charge on any atom is 0.261 e. The highest BCUT2D eigenvalue weighted by Crippen LogP contribution is 2.20. The van der Waals surface area contributed by atoms with E-state index in [-0.39, 0.29) is 11.8 Å². The van der Waals surface area contributed by atoms with Crippen molar-refractivity contribution < 1.29 is 9.53 Å². The number of rotatable bonds is 4. The van der Waals surface area contributed by atoms with Crippen molar-refractivity contribution in [3.63, 3.8) is 0 Å². The molecule has 0 unspecified atom stereocenters. The molecule has 0 aliphatic carbocycles. The van der Waals surface area contributed by atoms with E-state index in [9.17, 15) is 4.79 Å². The summed E-state index contributed by atoms with van der Waals surface area (Å²) >= 11 is 0. The second-order valence-corrected chi connectivity index (χ2v) is 4.77. The van der Waals surface area contributed by atoms with Crippen LogP contribution in [0, 0.1) is 6.92 Å². The number of aromatic nitrogens is 5. The smallest absolute Gasteiger partial charge is 0.261 e. The Labute approximate surface area is 132 Å². The summed E-state index contributed by atoms with van der Waals surface area (Å²) in [6, 6.07) is 8.80. The van der Waals surface area contributed by atoms with Crippen LogP contribution >= 0.6 is 0 Å². The van der Waals surface area contributed by atoms with Crippen LogP contribution in [0.3, 0.4) is 0 Å². The van der Waals surface area contributed by atoms with Gasteiger partial charge in [-0.05, 0) is 53.2 Å². The summed E-state index contributed by atoms with van der Waals surface area (Å²) in [5, 5.41) is 13.9. The zero-order valence-electron chi connectivity index (χ0n) is 12.6. The Bertz CT molecular complexity index is 832. The van der Waals surface area contributed by atoms with Crippen molar-refractivity contribution in [3.8, 4) is 11.6 Å². The van der Waals surface area contributed by atoms with Crippen LogP contribution in [0.15, 0.2) is 42.9 Å². The van der Waals surface area contributed by atoms with Crippen LogP contribution in [0.25, 0.3) is 5.69 Å². The minimum Gasteiger partial charge on any atom is -0.480 e. The van der Waals surface area contributed by atoms with E-state index in [4.69, 9.17) is 4.74 Å². The summed E-state index contributed by atoms with van der Waals surface area (Å²) in [4.78, 5) is 16.4. The van der Waals surface area contributed by atoms with Crippen molar-refractivity contribution in [1.29, 1.82) is 0 Å². The standard InChI is InChI=1S/C15H14N6O2/c1-10-8-11(5-6-13(10)21-9-17-19-20-21)18-14(22)12-4-3-7-16-15(12)23-2/h3-9H,1-2H3,(H,18,22). The first-order valence-electron chi connectivity index (χ1n) is 6.83. The number of anilines is 1. The maximum atomic E-state index is 12.4. The van der Waals surface area contributed by atoms with E-state index in [1.807, 2.05) is 19.1 Å². The van der Waals surface area contributed by atoms with Crippen molar-refractivity contribution in [2.45, 2.75) is 6.92 Å². The molecule has 2 aromatic heterocycles. The van der Waals surface area contributed by atoms with Gasteiger partial charge in [0.1, 0.15) is 11.9 Å². The number of aryl methyl sites for hydroxylation is 1. The molecule has 8 nitrogen and oxygen atoms in total. The van der Waals surface area contributed by atoms with Crippen LogP contribution < -0.4 is 10.1 Å². The third-order valence-corrected chi connectivity index (χ3v) is 3.26. The van der Waals surface area contributed by atoms with Gasteiger partial charge < -0.3 is 10.1 Å². The molecule has 0 saturated heterocycles. The van der Waals surface area contributed by atoms with Crippen molar-refractivity contribution in [2.24, 2.45) is 0 Å². The van der Waals surface area contributed by atoms with Gasteiger partial charge in [0, 0.05) is 11.9 Å². The van der Waals surface area contributed by atoms with E-state index in [1.165, 1.54) is 13.4 Å². The number of nitrogens with zero attached hydrogens (tertiary/aromatic N) is 5. The van der Waals surface area contributed by atoms with Crippen molar-refractivity contribution in [3.05, 3.63) is 54.0 Å². The molecule has 0 radical (unpaired) electrons. The molecule has 3 aromatic rings. The monoisotopic (exact) mass is 310 g/mol. The van der Waals surface area contributed by atoms with Crippen molar-refractivity contribution in [2.75, 3.05) is 12.4 Å². The highest BCUT2D eigenvalue weighted by molar-refractivity contribution is 6.05. The van der Waals surface area contributed by atoms with Gasteiger partial charge in [0.25, 0.3) is 5.91 Å². The Kier molecular flexibility index (Phi) is 3.96. The zero-order valence-corrected chi connectivity index (χ0v) is 12.6. The number of hydrogen-bond donors (Lipinski definition) is 1. The summed E-state index contributed by atoms with van der Waals surface area (Å²) in [5.41, 5.74) is 2.80. The van der Waals surface area contributed by atoms with Crippen LogP contribution in [-0.2, 0) is 0 Å². The first kappa shape index (κ1) is 14.6. The topological polar surface area (TPSA) is 94.8 Å². The Morgan fingerprint density at radius 1 is 1.30 bits per heavy atom. The molecular weight excluding hydrogens is 296 g/mol. The van der Waals surface area contributed by atoms with Crippen molar-refractivity contribution in [1.82, 2.24) is 25.2 Å². The van der Waals surface area contributed by atoms with Crippen LogP contribution in [0.5, 0.6) is 5.88 Å². The van der Waals surface area contributed by atoms with E-state index in [0.29, 0.717) is 11.3 Å². The molecule has 1 aromatic carbocycles. The number of hydrogen-bond acceptors (Lipinski definition) is 6. The highest BCUT2D eigenvalue weighted by atomic mass is 16.5. The van der Waals surface area contributed by atoms with E-state index >= 15 is 0 Å². The Morgan fingerprint density at radius 2 is 2.17 bits per heavy atom. The Balaban J connectivity index is 1.83. The molecular formula is C15H14N6O2. The summed E-state index contributed by atoms with van der Waals surface area (Å²) in [7, 11) is 1.48. The molecule has 0 aliphatic rings. The molecule has 0 spiro atoms. The van der Waals surface area contributed by atoms with E-state index < -0.39 is 0 Å². The second kappa shape index (κ2) is 6.22. The van der Waals surface area contributed by atoms with Crippen LogP contribution in [-0.4, -0.2) is 38.2 Å². The van der Waals surface area contributed by atoms with Gasteiger partial charge in [-0.25, -0.2) is 9.67 Å². The lowest BCUT2D eigenvalue weighted by atomic mass is 10.1. The molecule has 1 N–H and O–H groups in total. The molecule has 23 heavy (non-hydrogen) atoms. The molecule has 2 heterocycles. The molecule has 116 valence electrons. The normalized spacial score (nSPS) is 10.3. The van der Waals surface area contributed by atoms with Crippen LogP contribution in [0.1, 0.15) is 15.9 Å². The fourth-order valence-corrected chi connectivity index (χ4v) is 2.19. The number of tetrazole rings is 1. The molecule has 3 rings (SSSR count). The predicted octanol–water partition coefficient (Wildman–Crippen LogP) is 1.63. The second-order valence-electron chi connectivity index (χ2n) is 4.77. The first-order valence-corrected chi connectivity index (χ1v) is 6.83. The average Bonchev–Trinajstić information content (AvgIpc) is 3.09. The quantitative estimate of drug-likeness (QED) is 0.787. The summed E-state index contributed by atoms with van der Waals surface area (Å²) in [6.07, 6.45) is 3.09. The number of methoxy groups -OCH3 is 1. The van der Waals surface area contributed by atoms with Gasteiger partial charge in [-0.3, -0.25) is 4.79 Å². The number of benzene rings is 1. The molecule has 0 fully saturated rings. The van der Waals surface area contributed by atoms with Gasteiger partial charge in [0.2, 0.25) is 5.88 Å². The highest BCUT2D eigenvalue weighted by Gasteiger charge is 2.13. The lowest BCUT2D eigenvalue weighted by molar-refractivity contribution is 0.102. The van der Waals surface area contributed by atoms with Crippen molar-refractivity contribution >= 4 is 11.6 Å². The van der Waals surface area contributed by atoms with Gasteiger partial charge in [-0.2, -0.15) is 0 Å². The minimum atomic E-state index is -0.287. The Hall–Kier alpha value is -3.29. The van der Waals surface area contributed by atoms with Gasteiger partial charge >= 0.3 is 0 Å². The van der Waals surface area contributed by atoms with Crippen LogP contribution in [0.4, 0.5) is 5.69 Å². The minimum absolute atomic E-state index is 0.284. The number of pyridine rings is 1. The summed E-state index contributed by atoms with van der Waals surface area (Å²) in [5.74, 6) is -0.00319. The first-order chi connectivity index (χ1) is 11.2. The Morgan fingerprint density at radius 3 is 2.87 bits per heavy atom. The number of amides is 1. The summed E-state index contributed by atoms with van der Waals surface area (Å²) < 4.78 is 6.66. The third kappa shape index (κ3) is 3.00. The largest absolute Gasteiger partial charge is 0.480 e. The third-order valence-electron chi connectivity index (χ3n) is 3.26. The van der Waals surface area contributed by atoms with Crippen LogP contribution in [0.2, 0.25) is 0 Å². The van der Waals surface area contributed by atoms with Gasteiger partial charge in [-0.15, -0.1) is 5.10 Å². The molecule has 0 aliphatic heterocycles. The SMILES string of the molecule is COc1ncccc1C(=O)Nc1ccc(-n2cnnn2)c(C)c1. The van der Waals surface area contributed by atoms with Gasteiger partial charge in [0.05, 0.1) is 12.8 Å². The molecule has 1 amide bonds. The lowest BCUT2D eigenvalue weighted by Gasteiger charge is -2.10. The number of nitrogens with one attached hydrogen (secondary N) is 1. The van der Waals surface area contributed by atoms with E-state index in [1.54, 1.807) is 29.1 Å². The molecule has 0 atom stereocenters. The lowest BCUT2D eigenvalue weighted by Crippen LogP contribution is -2.14. The maximum absolute atomic E-state index is 12.4. The predicted molar refractivity (Wildman–Crippen MR) is 82.6 cm³/mol.